The molecule has 3 aromatic rings. The van der Waals surface area contributed by atoms with E-state index in [1.807, 2.05) is 6.07 Å². The van der Waals surface area contributed by atoms with Gasteiger partial charge in [-0.1, -0.05) is 11.6 Å². The summed E-state index contributed by atoms with van der Waals surface area (Å²) in [5.74, 6) is 6.50. The number of carbonyl (C=O) groups is 1. The van der Waals surface area contributed by atoms with Gasteiger partial charge in [-0.15, -0.1) is 11.3 Å². The molecule has 3 heterocycles. The molecule has 170 valence electrons. The molecule has 11 heteroatoms. The van der Waals surface area contributed by atoms with E-state index >= 15 is 0 Å². The number of aromatic nitrogens is 4. The Kier molecular flexibility index (Phi) is 4.68. The largest absolute Gasteiger partial charge is 0.389 e. The Morgan fingerprint density at radius 3 is 2.82 bits per heavy atom. The molecule has 3 fully saturated rings. The fourth-order valence-corrected chi connectivity index (χ4v) is 5.89. The zero-order valence-electron chi connectivity index (χ0n) is 17.6. The van der Waals surface area contributed by atoms with Crippen molar-refractivity contribution in [1.29, 1.82) is 0 Å². The van der Waals surface area contributed by atoms with Gasteiger partial charge in [-0.2, -0.15) is 0 Å². The van der Waals surface area contributed by atoms with Crippen LogP contribution in [0.15, 0.2) is 18.5 Å². The second-order valence-corrected chi connectivity index (χ2v) is 10.6. The maximum atomic E-state index is 12.5. The quantitative estimate of drug-likeness (QED) is 0.414. The number of thiophene rings is 1. The van der Waals surface area contributed by atoms with Gasteiger partial charge in [-0.3, -0.25) is 4.79 Å². The predicted octanol–water partition coefficient (Wildman–Crippen LogP) is 1.54. The van der Waals surface area contributed by atoms with Crippen LogP contribution in [0.5, 0.6) is 0 Å². The van der Waals surface area contributed by atoms with Gasteiger partial charge >= 0.3 is 0 Å². The first-order chi connectivity index (χ1) is 15.9. The van der Waals surface area contributed by atoms with Crippen LogP contribution in [0.4, 0.5) is 5.82 Å². The van der Waals surface area contributed by atoms with Crippen molar-refractivity contribution in [2.24, 2.45) is 11.3 Å². The average Bonchev–Trinajstić information content (AvgIpc) is 3.66. The van der Waals surface area contributed by atoms with Gasteiger partial charge in [0.05, 0.1) is 33.1 Å². The van der Waals surface area contributed by atoms with Crippen molar-refractivity contribution in [3.05, 3.63) is 33.5 Å². The number of nitrogens with one attached hydrogen (secondary N) is 2. The second kappa shape index (κ2) is 7.40. The molecule has 0 aliphatic heterocycles. The van der Waals surface area contributed by atoms with E-state index in [0.29, 0.717) is 39.6 Å². The van der Waals surface area contributed by atoms with Crippen molar-refractivity contribution in [2.75, 3.05) is 12.4 Å². The smallest absolute Gasteiger partial charge is 0.229 e. The van der Waals surface area contributed by atoms with Crippen LogP contribution in [0.1, 0.15) is 36.0 Å². The van der Waals surface area contributed by atoms with E-state index in [9.17, 15) is 15.0 Å². The number of aliphatic hydroxyl groups is 2. The highest BCUT2D eigenvalue weighted by molar-refractivity contribution is 7.16. The monoisotopic (exact) mass is 484 g/mol. The zero-order chi connectivity index (χ0) is 22.9. The third-order valence-electron chi connectivity index (χ3n) is 6.85. The van der Waals surface area contributed by atoms with Gasteiger partial charge in [-0.05, 0) is 43.2 Å². The van der Waals surface area contributed by atoms with Crippen LogP contribution in [0.25, 0.3) is 11.2 Å². The molecule has 9 nitrogen and oxygen atoms in total. The normalized spacial score (nSPS) is 29.9. The molecule has 0 radical (unpaired) electrons. The van der Waals surface area contributed by atoms with E-state index in [-0.39, 0.29) is 11.8 Å². The Labute approximate surface area is 198 Å². The molecule has 2 unspecified atom stereocenters. The molecular weight excluding hydrogens is 464 g/mol. The van der Waals surface area contributed by atoms with Crippen LogP contribution in [-0.4, -0.2) is 60.9 Å². The van der Waals surface area contributed by atoms with Crippen molar-refractivity contribution >= 4 is 45.8 Å². The summed E-state index contributed by atoms with van der Waals surface area (Å²) in [4.78, 5) is 27.1. The lowest BCUT2D eigenvalue weighted by Crippen LogP contribution is -2.41. The SMILES string of the molecule is CNC(=O)C12CC1[C@@H](n1cnc3c(NC4CC4)nc(C#Cc4ccc(Cl)s4)nc31)[C@H](O)[C@@H]2O. The second-order valence-electron chi connectivity index (χ2n) is 8.85. The van der Waals surface area contributed by atoms with E-state index in [0.717, 1.165) is 17.7 Å². The fourth-order valence-electron chi connectivity index (χ4n) is 5.00. The molecule has 3 aromatic heterocycles. The molecule has 3 saturated carbocycles. The number of rotatable bonds is 4. The maximum Gasteiger partial charge on any atom is 0.229 e. The number of nitrogens with zero attached hydrogens (tertiary/aromatic N) is 4. The van der Waals surface area contributed by atoms with Crippen LogP contribution >= 0.6 is 22.9 Å². The highest BCUT2D eigenvalue weighted by Crippen LogP contribution is 2.67. The van der Waals surface area contributed by atoms with E-state index in [1.54, 1.807) is 24.0 Å². The van der Waals surface area contributed by atoms with Gasteiger partial charge in [0.2, 0.25) is 11.7 Å². The Morgan fingerprint density at radius 1 is 1.30 bits per heavy atom. The Bertz CT molecular complexity index is 1340. The van der Waals surface area contributed by atoms with E-state index < -0.39 is 23.7 Å². The first-order valence-electron chi connectivity index (χ1n) is 10.8. The average molecular weight is 485 g/mol. The van der Waals surface area contributed by atoms with E-state index in [2.05, 4.69) is 37.4 Å². The lowest BCUT2D eigenvalue weighted by atomic mass is 9.98. The molecule has 5 atom stereocenters. The first-order valence-corrected chi connectivity index (χ1v) is 12.0. The zero-order valence-corrected chi connectivity index (χ0v) is 19.2. The van der Waals surface area contributed by atoms with E-state index in [1.165, 1.54) is 11.3 Å². The maximum absolute atomic E-state index is 12.5. The fraction of sp³-hybridized carbons (Fsp3) is 0.455. The highest BCUT2D eigenvalue weighted by Gasteiger charge is 2.75. The van der Waals surface area contributed by atoms with Gasteiger partial charge < -0.3 is 25.4 Å². The molecule has 0 spiro atoms. The summed E-state index contributed by atoms with van der Waals surface area (Å²) < 4.78 is 2.42. The van der Waals surface area contributed by atoms with Crippen LogP contribution in [-0.2, 0) is 4.79 Å². The van der Waals surface area contributed by atoms with Crippen molar-refractivity contribution in [2.45, 2.75) is 43.6 Å². The third kappa shape index (κ3) is 3.22. The van der Waals surface area contributed by atoms with Crippen LogP contribution in [0.3, 0.4) is 0 Å². The van der Waals surface area contributed by atoms with Gasteiger partial charge in [0.25, 0.3) is 0 Å². The van der Waals surface area contributed by atoms with Gasteiger partial charge in [0.1, 0.15) is 6.10 Å². The van der Waals surface area contributed by atoms with Crippen molar-refractivity contribution in [3.63, 3.8) is 0 Å². The lowest BCUT2D eigenvalue weighted by Gasteiger charge is -2.23. The number of halogens is 1. The number of imidazole rings is 1. The molecule has 0 bridgehead atoms. The minimum atomic E-state index is -1.15. The van der Waals surface area contributed by atoms with Crippen LogP contribution in [0, 0.1) is 23.2 Å². The number of carbonyl (C=O) groups excluding carboxylic acids is 1. The molecule has 3 aliphatic carbocycles. The Hall–Kier alpha value is -2.71. The summed E-state index contributed by atoms with van der Waals surface area (Å²) in [6.45, 7) is 0. The van der Waals surface area contributed by atoms with E-state index in [4.69, 9.17) is 11.6 Å². The third-order valence-corrected chi connectivity index (χ3v) is 8.00. The summed E-state index contributed by atoms with van der Waals surface area (Å²) in [6, 6.07) is 3.45. The van der Waals surface area contributed by atoms with Crippen molar-refractivity contribution in [3.8, 4) is 11.8 Å². The topological polar surface area (TPSA) is 125 Å². The Balaban J connectivity index is 1.43. The molecule has 0 aromatic carbocycles. The summed E-state index contributed by atoms with van der Waals surface area (Å²) in [6.07, 6.45) is 1.96. The number of anilines is 1. The first kappa shape index (κ1) is 20.9. The van der Waals surface area contributed by atoms with Gasteiger partial charge in [0.15, 0.2) is 17.0 Å². The van der Waals surface area contributed by atoms with Crippen molar-refractivity contribution in [1.82, 2.24) is 24.8 Å². The highest BCUT2D eigenvalue weighted by atomic mass is 35.5. The number of fused-ring (bicyclic) bond motifs is 2. The number of hydrogen-bond donors (Lipinski definition) is 4. The lowest BCUT2D eigenvalue weighted by molar-refractivity contribution is -0.132. The van der Waals surface area contributed by atoms with Crippen LogP contribution < -0.4 is 10.6 Å². The predicted molar refractivity (Wildman–Crippen MR) is 123 cm³/mol. The summed E-state index contributed by atoms with van der Waals surface area (Å²) in [5, 5.41) is 27.6. The van der Waals surface area contributed by atoms with Gasteiger partial charge in [0, 0.05) is 19.0 Å². The standard InChI is InChI=1S/C22H21ClN6O3S/c1-24-21(32)22-8-12(22)16(17(30)18(22)31)29-9-25-15-19(26-10-2-3-10)27-14(28-20(15)29)7-5-11-4-6-13(23)33-11/h4,6,9-10,12,16-18,30-31H,2-3,8H2,1H3,(H,24,32)(H,26,27,28)/t12?,16-,17+,18+,22?/m1/s1. The Morgan fingerprint density at radius 2 is 2.12 bits per heavy atom. The summed E-state index contributed by atoms with van der Waals surface area (Å²) in [5.41, 5.74) is 0.113. The molecule has 33 heavy (non-hydrogen) atoms. The molecular formula is C22H21ClN6O3S. The number of aliphatic hydroxyl groups excluding tert-OH is 2. The molecule has 0 saturated heterocycles. The van der Waals surface area contributed by atoms with Gasteiger partial charge in [-0.25, -0.2) is 15.0 Å². The molecule has 6 rings (SSSR count). The minimum absolute atomic E-state index is 0.211. The van der Waals surface area contributed by atoms with Crippen molar-refractivity contribution < 1.29 is 15.0 Å². The minimum Gasteiger partial charge on any atom is -0.389 e. The molecule has 3 aliphatic rings. The number of amides is 1. The summed E-state index contributed by atoms with van der Waals surface area (Å²) >= 11 is 7.38. The molecule has 1 amide bonds. The van der Waals surface area contributed by atoms with Crippen LogP contribution in [0.2, 0.25) is 4.34 Å². The summed E-state index contributed by atoms with van der Waals surface area (Å²) in [7, 11) is 1.54. The molecule has 4 N–H and O–H groups in total. The number of hydrogen-bond acceptors (Lipinski definition) is 8.